The number of fused-ring (bicyclic) bond motifs is 1. The number of para-hydroxylation sites is 2. The van der Waals surface area contributed by atoms with Crippen LogP contribution in [0.5, 0.6) is 11.5 Å². The van der Waals surface area contributed by atoms with Crippen molar-refractivity contribution in [1.29, 1.82) is 0 Å². The number of ether oxygens (including phenoxy) is 2. The number of nitrogens with zero attached hydrogens (tertiary/aromatic N) is 1. The van der Waals surface area contributed by atoms with Crippen LogP contribution in [0.2, 0.25) is 0 Å². The Morgan fingerprint density at radius 2 is 1.88 bits per heavy atom. The average Bonchev–Trinajstić information content (AvgIpc) is 2.96. The summed E-state index contributed by atoms with van der Waals surface area (Å²) in [5.41, 5.74) is 2.17. The first-order chi connectivity index (χ1) is 11.6. The number of rotatable bonds is 6. The maximum atomic E-state index is 11.5. The van der Waals surface area contributed by atoms with Gasteiger partial charge in [-0.3, -0.25) is 0 Å². The van der Waals surface area contributed by atoms with E-state index in [4.69, 9.17) is 9.47 Å². The summed E-state index contributed by atoms with van der Waals surface area (Å²) in [6.45, 7) is 2.88. The molecular formula is C19H19NO4. The molecule has 0 atom stereocenters. The Bertz CT molecular complexity index is 882. The van der Waals surface area contributed by atoms with Crippen molar-refractivity contribution < 1.29 is 19.4 Å². The molecule has 3 aromatic rings. The Morgan fingerprint density at radius 3 is 2.58 bits per heavy atom. The van der Waals surface area contributed by atoms with Crippen molar-refractivity contribution in [2.24, 2.45) is 0 Å². The minimum atomic E-state index is -0.918. The standard InChI is InChI=1S/C19H19NO4/c1-13-6-5-7-15-18(13)14(19(21)22)12-20(15)10-11-24-17-9-4-3-8-16(17)23-2/h3-9,12H,10-11H2,1-2H3,(H,21,22). The summed E-state index contributed by atoms with van der Waals surface area (Å²) in [5, 5.41) is 10.2. The van der Waals surface area contributed by atoms with Crippen molar-refractivity contribution in [2.75, 3.05) is 13.7 Å². The monoisotopic (exact) mass is 325 g/mol. The highest BCUT2D eigenvalue weighted by molar-refractivity contribution is 6.04. The van der Waals surface area contributed by atoms with Crippen LogP contribution < -0.4 is 9.47 Å². The number of carbonyl (C=O) groups is 1. The first-order valence-electron chi connectivity index (χ1n) is 7.69. The maximum Gasteiger partial charge on any atom is 0.337 e. The third-order valence-corrected chi connectivity index (χ3v) is 4.00. The fraction of sp³-hybridized carbons (Fsp3) is 0.211. The predicted molar refractivity (Wildman–Crippen MR) is 92.1 cm³/mol. The topological polar surface area (TPSA) is 60.7 Å². The van der Waals surface area contributed by atoms with Crippen LogP contribution >= 0.6 is 0 Å². The Labute approximate surface area is 140 Å². The predicted octanol–water partition coefficient (Wildman–Crippen LogP) is 3.74. The molecule has 0 amide bonds. The van der Waals surface area contributed by atoms with Gasteiger partial charge in [0.1, 0.15) is 6.61 Å². The van der Waals surface area contributed by atoms with E-state index in [2.05, 4.69) is 0 Å². The molecule has 124 valence electrons. The molecule has 0 bridgehead atoms. The highest BCUT2D eigenvalue weighted by Crippen LogP contribution is 2.27. The summed E-state index contributed by atoms with van der Waals surface area (Å²) in [4.78, 5) is 11.5. The quantitative estimate of drug-likeness (QED) is 0.750. The zero-order valence-electron chi connectivity index (χ0n) is 13.7. The minimum Gasteiger partial charge on any atom is -0.493 e. The lowest BCUT2D eigenvalue weighted by molar-refractivity contribution is 0.0698. The number of aromatic carboxylic acids is 1. The number of aryl methyl sites for hydroxylation is 1. The van der Waals surface area contributed by atoms with Gasteiger partial charge in [0.05, 0.1) is 19.2 Å². The maximum absolute atomic E-state index is 11.5. The van der Waals surface area contributed by atoms with Gasteiger partial charge in [-0.25, -0.2) is 4.79 Å². The SMILES string of the molecule is COc1ccccc1OCCn1cc(C(=O)O)c2c(C)cccc21. The Balaban J connectivity index is 1.83. The molecule has 0 spiro atoms. The van der Waals surface area contributed by atoms with Gasteiger partial charge in [0.25, 0.3) is 0 Å². The van der Waals surface area contributed by atoms with E-state index in [0.717, 1.165) is 16.5 Å². The lowest BCUT2D eigenvalue weighted by Crippen LogP contribution is -2.08. The molecule has 0 saturated carbocycles. The highest BCUT2D eigenvalue weighted by Gasteiger charge is 2.15. The number of hydrogen-bond donors (Lipinski definition) is 1. The number of benzene rings is 2. The Kier molecular flexibility index (Phi) is 4.42. The van der Waals surface area contributed by atoms with Crippen LogP contribution in [0.25, 0.3) is 10.9 Å². The van der Waals surface area contributed by atoms with E-state index in [1.807, 2.05) is 54.0 Å². The molecule has 0 aliphatic carbocycles. The van der Waals surface area contributed by atoms with Crippen molar-refractivity contribution in [3.05, 3.63) is 59.8 Å². The van der Waals surface area contributed by atoms with Crippen LogP contribution in [-0.2, 0) is 6.54 Å². The van der Waals surface area contributed by atoms with E-state index in [1.54, 1.807) is 13.3 Å². The van der Waals surface area contributed by atoms with Gasteiger partial charge in [-0.05, 0) is 30.7 Å². The highest BCUT2D eigenvalue weighted by atomic mass is 16.5. The van der Waals surface area contributed by atoms with Crippen LogP contribution in [0.4, 0.5) is 0 Å². The number of aromatic nitrogens is 1. The fourth-order valence-corrected chi connectivity index (χ4v) is 2.87. The summed E-state index contributed by atoms with van der Waals surface area (Å²) in [7, 11) is 1.60. The van der Waals surface area contributed by atoms with Crippen LogP contribution in [0.15, 0.2) is 48.7 Å². The van der Waals surface area contributed by atoms with E-state index in [0.29, 0.717) is 30.2 Å². The lowest BCUT2D eigenvalue weighted by Gasteiger charge is -2.11. The molecule has 0 unspecified atom stereocenters. The molecule has 0 saturated heterocycles. The first kappa shape index (κ1) is 15.9. The van der Waals surface area contributed by atoms with Gasteiger partial charge in [-0.2, -0.15) is 0 Å². The van der Waals surface area contributed by atoms with Crippen LogP contribution in [0.3, 0.4) is 0 Å². The average molecular weight is 325 g/mol. The molecule has 0 fully saturated rings. The molecule has 3 rings (SSSR count). The zero-order chi connectivity index (χ0) is 17.1. The minimum absolute atomic E-state index is 0.320. The molecule has 0 aliphatic heterocycles. The lowest BCUT2D eigenvalue weighted by atomic mass is 10.1. The fourth-order valence-electron chi connectivity index (χ4n) is 2.87. The van der Waals surface area contributed by atoms with Crippen molar-refractivity contribution >= 4 is 16.9 Å². The number of carboxylic acids is 1. The molecule has 5 heteroatoms. The Morgan fingerprint density at radius 1 is 1.12 bits per heavy atom. The largest absolute Gasteiger partial charge is 0.493 e. The molecule has 24 heavy (non-hydrogen) atoms. The van der Waals surface area contributed by atoms with Gasteiger partial charge in [0, 0.05) is 17.1 Å². The summed E-state index contributed by atoms with van der Waals surface area (Å²) in [6.07, 6.45) is 1.67. The molecule has 1 heterocycles. The van der Waals surface area contributed by atoms with Crippen LogP contribution in [0, 0.1) is 6.92 Å². The van der Waals surface area contributed by atoms with Gasteiger partial charge in [-0.1, -0.05) is 24.3 Å². The summed E-state index contributed by atoms with van der Waals surface area (Å²) in [6, 6.07) is 13.2. The number of methoxy groups -OCH3 is 1. The van der Waals surface area contributed by atoms with E-state index >= 15 is 0 Å². The van der Waals surface area contributed by atoms with Gasteiger partial charge in [-0.15, -0.1) is 0 Å². The summed E-state index contributed by atoms with van der Waals surface area (Å²) >= 11 is 0. The smallest absolute Gasteiger partial charge is 0.337 e. The van der Waals surface area contributed by atoms with Crippen molar-refractivity contribution in [1.82, 2.24) is 4.57 Å². The second-order valence-corrected chi connectivity index (χ2v) is 5.51. The third kappa shape index (κ3) is 2.93. The number of carboxylic acid groups (broad SMARTS) is 1. The van der Waals surface area contributed by atoms with Crippen molar-refractivity contribution in [2.45, 2.75) is 13.5 Å². The van der Waals surface area contributed by atoms with E-state index in [9.17, 15) is 9.90 Å². The third-order valence-electron chi connectivity index (χ3n) is 4.00. The molecule has 1 aromatic heterocycles. The van der Waals surface area contributed by atoms with Gasteiger partial charge < -0.3 is 19.1 Å². The second kappa shape index (κ2) is 6.66. The molecular weight excluding hydrogens is 306 g/mol. The second-order valence-electron chi connectivity index (χ2n) is 5.51. The van der Waals surface area contributed by atoms with Crippen LogP contribution in [-0.4, -0.2) is 29.4 Å². The van der Waals surface area contributed by atoms with Gasteiger partial charge in [0.15, 0.2) is 11.5 Å². The van der Waals surface area contributed by atoms with E-state index in [1.165, 1.54) is 0 Å². The molecule has 0 aliphatic rings. The van der Waals surface area contributed by atoms with E-state index in [-0.39, 0.29) is 0 Å². The molecule has 5 nitrogen and oxygen atoms in total. The molecule has 1 N–H and O–H groups in total. The first-order valence-corrected chi connectivity index (χ1v) is 7.69. The number of hydrogen-bond acceptors (Lipinski definition) is 3. The van der Waals surface area contributed by atoms with Crippen LogP contribution in [0.1, 0.15) is 15.9 Å². The molecule has 0 radical (unpaired) electrons. The molecule has 2 aromatic carbocycles. The zero-order valence-corrected chi connectivity index (χ0v) is 13.7. The van der Waals surface area contributed by atoms with Gasteiger partial charge >= 0.3 is 5.97 Å². The normalized spacial score (nSPS) is 10.8. The summed E-state index contributed by atoms with van der Waals surface area (Å²) in [5.74, 6) is 0.432. The van der Waals surface area contributed by atoms with E-state index < -0.39 is 5.97 Å². The Hall–Kier alpha value is -2.95. The summed E-state index contributed by atoms with van der Waals surface area (Å²) < 4.78 is 13.0. The van der Waals surface area contributed by atoms with Crippen molar-refractivity contribution in [3.8, 4) is 11.5 Å². The van der Waals surface area contributed by atoms with Crippen molar-refractivity contribution in [3.63, 3.8) is 0 Å². The van der Waals surface area contributed by atoms with Gasteiger partial charge in [0.2, 0.25) is 0 Å².